The largest absolute Gasteiger partial charge is 0.508 e. The normalized spacial score (nSPS) is 12.7. The number of rotatable bonds is 6. The number of benzene rings is 1. The summed E-state index contributed by atoms with van der Waals surface area (Å²) in [5.41, 5.74) is 1.05. The minimum Gasteiger partial charge on any atom is -0.508 e. The summed E-state index contributed by atoms with van der Waals surface area (Å²) < 4.78 is 0. The van der Waals surface area contributed by atoms with Crippen LogP contribution in [0.25, 0.3) is 0 Å². The van der Waals surface area contributed by atoms with Crippen LogP contribution < -0.4 is 5.32 Å². The lowest BCUT2D eigenvalue weighted by Gasteiger charge is -2.16. The highest BCUT2D eigenvalue weighted by Crippen LogP contribution is 2.13. The van der Waals surface area contributed by atoms with Crippen molar-refractivity contribution in [2.24, 2.45) is 5.92 Å². The van der Waals surface area contributed by atoms with Gasteiger partial charge in [-0.1, -0.05) is 26.0 Å². The van der Waals surface area contributed by atoms with Gasteiger partial charge in [-0.05, 0) is 37.1 Å². The number of hydrogen-bond donors (Lipinski definition) is 2. The predicted octanol–water partition coefficient (Wildman–Crippen LogP) is 2.14. The van der Waals surface area contributed by atoms with Crippen molar-refractivity contribution in [3.05, 3.63) is 29.8 Å². The molecule has 94 valence electrons. The summed E-state index contributed by atoms with van der Waals surface area (Å²) in [6.45, 7) is 4.09. The van der Waals surface area contributed by atoms with Gasteiger partial charge in [-0.15, -0.1) is 0 Å². The number of carbonyl (C=O) groups is 1. The molecule has 0 saturated carbocycles. The first-order valence-corrected chi connectivity index (χ1v) is 6.00. The monoisotopic (exact) mass is 235 g/mol. The Morgan fingerprint density at radius 3 is 2.35 bits per heavy atom. The van der Waals surface area contributed by atoms with Crippen LogP contribution in [0.2, 0.25) is 0 Å². The van der Waals surface area contributed by atoms with Gasteiger partial charge in [0.2, 0.25) is 0 Å². The fourth-order valence-electron chi connectivity index (χ4n) is 1.79. The van der Waals surface area contributed by atoms with Crippen molar-refractivity contribution in [3.8, 4) is 5.75 Å². The first-order chi connectivity index (χ1) is 8.02. The molecule has 0 spiro atoms. The van der Waals surface area contributed by atoms with Crippen LogP contribution in [0.1, 0.15) is 25.8 Å². The highest BCUT2D eigenvalue weighted by molar-refractivity contribution is 5.84. The van der Waals surface area contributed by atoms with Gasteiger partial charge in [0.05, 0.1) is 6.04 Å². The Labute approximate surface area is 103 Å². The molecule has 0 aliphatic rings. The van der Waals surface area contributed by atoms with Crippen LogP contribution in [-0.4, -0.2) is 24.0 Å². The minimum absolute atomic E-state index is 0.137. The second kappa shape index (κ2) is 6.40. The van der Waals surface area contributed by atoms with E-state index in [9.17, 15) is 9.90 Å². The first-order valence-electron chi connectivity index (χ1n) is 6.00. The van der Waals surface area contributed by atoms with E-state index in [-0.39, 0.29) is 17.6 Å². The number of likely N-dealkylation sites (N-methyl/N-ethyl adjacent to an activating group) is 1. The molecule has 1 unspecified atom stereocenters. The molecule has 0 heterocycles. The maximum Gasteiger partial charge on any atom is 0.150 e. The van der Waals surface area contributed by atoms with Crippen molar-refractivity contribution in [2.45, 2.75) is 32.7 Å². The highest BCUT2D eigenvalue weighted by atomic mass is 16.3. The zero-order valence-corrected chi connectivity index (χ0v) is 10.7. The molecule has 1 atom stereocenters. The number of hydrogen-bond acceptors (Lipinski definition) is 3. The second-order valence-electron chi connectivity index (χ2n) is 4.78. The van der Waals surface area contributed by atoms with Gasteiger partial charge in [-0.25, -0.2) is 0 Å². The van der Waals surface area contributed by atoms with E-state index in [0.29, 0.717) is 18.8 Å². The third kappa shape index (κ3) is 4.57. The topological polar surface area (TPSA) is 49.3 Å². The zero-order chi connectivity index (χ0) is 12.8. The Morgan fingerprint density at radius 2 is 1.88 bits per heavy atom. The van der Waals surface area contributed by atoms with Crippen molar-refractivity contribution < 1.29 is 9.90 Å². The van der Waals surface area contributed by atoms with Crippen molar-refractivity contribution >= 4 is 5.78 Å². The molecule has 1 aromatic carbocycles. The Bertz CT molecular complexity index is 357. The number of ketones is 1. The molecule has 0 aromatic heterocycles. The van der Waals surface area contributed by atoms with E-state index < -0.39 is 0 Å². The van der Waals surface area contributed by atoms with Gasteiger partial charge >= 0.3 is 0 Å². The fraction of sp³-hybridized carbons (Fsp3) is 0.500. The average molecular weight is 235 g/mol. The molecule has 0 bridgehead atoms. The molecular formula is C14H21NO2. The molecule has 0 radical (unpaired) electrons. The third-order valence-corrected chi connectivity index (χ3v) is 2.72. The maximum atomic E-state index is 11.9. The van der Waals surface area contributed by atoms with E-state index in [4.69, 9.17) is 0 Å². The number of aromatic hydroxyl groups is 1. The third-order valence-electron chi connectivity index (χ3n) is 2.72. The molecule has 3 heteroatoms. The fourth-order valence-corrected chi connectivity index (χ4v) is 1.79. The average Bonchev–Trinajstić information content (AvgIpc) is 2.27. The number of phenols is 1. The number of carbonyl (C=O) groups excluding carboxylic acids is 1. The Kier molecular flexibility index (Phi) is 5.16. The molecule has 1 rings (SSSR count). The standard InChI is InChI=1S/C14H21NO2/c1-10(2)8-14(17)13(15-3)9-11-4-6-12(16)7-5-11/h4-7,10,13,15-16H,8-9H2,1-3H3. The molecule has 0 aliphatic carbocycles. The quantitative estimate of drug-likeness (QED) is 0.794. The van der Waals surface area contributed by atoms with Crippen molar-refractivity contribution in [1.82, 2.24) is 5.32 Å². The second-order valence-corrected chi connectivity index (χ2v) is 4.78. The summed E-state index contributed by atoms with van der Waals surface area (Å²) in [5.74, 6) is 0.886. The van der Waals surface area contributed by atoms with E-state index in [2.05, 4.69) is 5.32 Å². The van der Waals surface area contributed by atoms with Crippen molar-refractivity contribution in [1.29, 1.82) is 0 Å². The lowest BCUT2D eigenvalue weighted by Crippen LogP contribution is -2.36. The lowest BCUT2D eigenvalue weighted by atomic mass is 9.96. The van der Waals surface area contributed by atoms with Crippen LogP contribution >= 0.6 is 0 Å². The summed E-state index contributed by atoms with van der Waals surface area (Å²) >= 11 is 0. The van der Waals surface area contributed by atoms with Crippen LogP contribution in [0.5, 0.6) is 5.75 Å². The van der Waals surface area contributed by atoms with E-state index in [1.54, 1.807) is 12.1 Å². The molecule has 1 aromatic rings. The molecule has 0 amide bonds. The molecule has 2 N–H and O–H groups in total. The minimum atomic E-state index is -0.137. The molecule has 17 heavy (non-hydrogen) atoms. The van der Waals surface area contributed by atoms with E-state index in [1.165, 1.54) is 0 Å². The predicted molar refractivity (Wildman–Crippen MR) is 69.1 cm³/mol. The summed E-state index contributed by atoms with van der Waals surface area (Å²) in [4.78, 5) is 11.9. The Morgan fingerprint density at radius 1 is 1.29 bits per heavy atom. The lowest BCUT2D eigenvalue weighted by molar-refractivity contribution is -0.121. The van der Waals surface area contributed by atoms with Gasteiger partial charge in [-0.2, -0.15) is 0 Å². The van der Waals surface area contributed by atoms with Gasteiger partial charge in [0.15, 0.2) is 0 Å². The van der Waals surface area contributed by atoms with Gasteiger partial charge < -0.3 is 10.4 Å². The van der Waals surface area contributed by atoms with Gasteiger partial charge in [0.1, 0.15) is 11.5 Å². The summed E-state index contributed by atoms with van der Waals surface area (Å²) in [6, 6.07) is 6.86. The van der Waals surface area contributed by atoms with Crippen LogP contribution in [-0.2, 0) is 11.2 Å². The molecule has 3 nitrogen and oxygen atoms in total. The summed E-state index contributed by atoms with van der Waals surface area (Å²) in [6.07, 6.45) is 1.27. The van der Waals surface area contributed by atoms with E-state index >= 15 is 0 Å². The number of phenolic OH excluding ortho intramolecular Hbond substituents is 1. The van der Waals surface area contributed by atoms with Gasteiger partial charge in [0, 0.05) is 6.42 Å². The van der Waals surface area contributed by atoms with Crippen molar-refractivity contribution in [3.63, 3.8) is 0 Å². The summed E-state index contributed by atoms with van der Waals surface area (Å²) in [5, 5.41) is 12.3. The van der Waals surface area contributed by atoms with Crippen LogP contribution in [0.3, 0.4) is 0 Å². The van der Waals surface area contributed by atoms with Crippen molar-refractivity contribution in [2.75, 3.05) is 7.05 Å². The summed E-state index contributed by atoms with van der Waals surface area (Å²) in [7, 11) is 1.81. The van der Waals surface area contributed by atoms with Crippen LogP contribution in [0.4, 0.5) is 0 Å². The maximum absolute atomic E-state index is 11.9. The smallest absolute Gasteiger partial charge is 0.150 e. The Hall–Kier alpha value is -1.35. The van der Waals surface area contributed by atoms with Crippen LogP contribution in [0.15, 0.2) is 24.3 Å². The number of nitrogens with one attached hydrogen (secondary N) is 1. The van der Waals surface area contributed by atoms with Gasteiger partial charge in [0.25, 0.3) is 0 Å². The molecule has 0 saturated heterocycles. The SMILES string of the molecule is CNC(Cc1ccc(O)cc1)C(=O)CC(C)C. The zero-order valence-electron chi connectivity index (χ0n) is 10.7. The number of Topliss-reactive ketones (excluding diaryl/α,β-unsaturated/α-hetero) is 1. The van der Waals surface area contributed by atoms with Crippen LogP contribution in [0, 0.1) is 5.92 Å². The highest BCUT2D eigenvalue weighted by Gasteiger charge is 2.17. The molecule has 0 aliphatic heterocycles. The molecular weight excluding hydrogens is 214 g/mol. The van der Waals surface area contributed by atoms with Gasteiger partial charge in [-0.3, -0.25) is 4.79 Å². The van der Waals surface area contributed by atoms with E-state index in [1.807, 2.05) is 33.0 Å². The van der Waals surface area contributed by atoms with E-state index in [0.717, 1.165) is 5.56 Å². The molecule has 0 fully saturated rings. The Balaban J connectivity index is 2.63. The first kappa shape index (κ1) is 13.7.